The van der Waals surface area contributed by atoms with Gasteiger partial charge in [-0.1, -0.05) is 13.0 Å². The number of hydrogen-bond acceptors (Lipinski definition) is 6. The summed E-state index contributed by atoms with van der Waals surface area (Å²) in [5.74, 6) is 1.26. The number of methoxy groups -OCH3 is 2. The van der Waals surface area contributed by atoms with E-state index in [2.05, 4.69) is 12.2 Å². The van der Waals surface area contributed by atoms with Crippen LogP contribution < -0.4 is 14.8 Å². The number of nitrogens with one attached hydrogen (secondary N) is 1. The predicted octanol–water partition coefficient (Wildman–Crippen LogP) is 4.25. The molecule has 0 saturated carbocycles. The highest BCUT2D eigenvalue weighted by Gasteiger charge is 2.29. The Hall–Kier alpha value is -2.54. The van der Waals surface area contributed by atoms with E-state index in [0.29, 0.717) is 34.6 Å². The Bertz CT molecular complexity index is 905. The third-order valence-electron chi connectivity index (χ3n) is 5.09. The van der Waals surface area contributed by atoms with E-state index < -0.39 is 0 Å². The van der Waals surface area contributed by atoms with Gasteiger partial charge in [-0.05, 0) is 43.7 Å². The van der Waals surface area contributed by atoms with E-state index in [-0.39, 0.29) is 18.3 Å². The summed E-state index contributed by atoms with van der Waals surface area (Å²) < 4.78 is 15.8. The highest BCUT2D eigenvalue weighted by atomic mass is 32.1. The lowest BCUT2D eigenvalue weighted by Gasteiger charge is -2.18. The maximum Gasteiger partial charge on any atom is 0.341 e. The Morgan fingerprint density at radius 1 is 1.24 bits per heavy atom. The highest BCUT2D eigenvalue weighted by molar-refractivity contribution is 7.17. The number of anilines is 1. The van der Waals surface area contributed by atoms with Gasteiger partial charge in [0.2, 0.25) is 5.91 Å². The number of carbonyl (C=O) groups excluding carboxylic acids is 2. The van der Waals surface area contributed by atoms with Gasteiger partial charge in [0.05, 0.1) is 32.8 Å². The molecule has 7 heteroatoms. The molecule has 1 aromatic heterocycles. The molecule has 0 radical (unpaired) electrons. The molecular formula is C22H27NO5S. The van der Waals surface area contributed by atoms with E-state index in [1.807, 2.05) is 6.07 Å². The lowest BCUT2D eigenvalue weighted by molar-refractivity contribution is -0.115. The standard InChI is InChI=1S/C22H27NO5S/c1-5-28-22(25)20-16-9-6-13(2)10-18(16)29-21(20)23-19(24)11-14-7-8-15(26-3)12-17(14)27-4/h7-8,12-13H,5-6,9-11H2,1-4H3,(H,23,24). The van der Waals surface area contributed by atoms with Crippen molar-refractivity contribution in [3.63, 3.8) is 0 Å². The summed E-state index contributed by atoms with van der Waals surface area (Å²) in [6.45, 7) is 4.30. The lowest BCUT2D eigenvalue weighted by atomic mass is 9.88. The smallest absolute Gasteiger partial charge is 0.341 e. The van der Waals surface area contributed by atoms with Crippen LogP contribution in [0.1, 0.15) is 46.6 Å². The SMILES string of the molecule is CCOC(=O)c1c(NC(=O)Cc2ccc(OC)cc2OC)sc2c1CCC(C)C2. The Labute approximate surface area is 175 Å². The van der Waals surface area contributed by atoms with Crippen molar-refractivity contribution in [1.82, 2.24) is 0 Å². The molecule has 1 amide bonds. The van der Waals surface area contributed by atoms with Gasteiger partial charge in [-0.15, -0.1) is 11.3 Å². The molecule has 1 aliphatic rings. The van der Waals surface area contributed by atoms with Crippen LogP contribution in [-0.4, -0.2) is 32.7 Å². The van der Waals surface area contributed by atoms with Crippen LogP contribution in [-0.2, 0) is 28.8 Å². The summed E-state index contributed by atoms with van der Waals surface area (Å²) in [6, 6.07) is 5.35. The highest BCUT2D eigenvalue weighted by Crippen LogP contribution is 2.40. The molecule has 156 valence electrons. The summed E-state index contributed by atoms with van der Waals surface area (Å²) >= 11 is 1.49. The van der Waals surface area contributed by atoms with Crippen LogP contribution in [0.15, 0.2) is 18.2 Å². The quantitative estimate of drug-likeness (QED) is 0.682. The van der Waals surface area contributed by atoms with Gasteiger partial charge >= 0.3 is 5.97 Å². The number of amides is 1. The van der Waals surface area contributed by atoms with Crippen molar-refractivity contribution in [1.29, 1.82) is 0 Å². The second-order valence-electron chi connectivity index (χ2n) is 7.18. The Kier molecular flexibility index (Phi) is 6.79. The molecule has 2 aromatic rings. The average Bonchev–Trinajstić information content (AvgIpc) is 3.05. The second-order valence-corrected chi connectivity index (χ2v) is 8.28. The fraction of sp³-hybridized carbons (Fsp3) is 0.455. The van der Waals surface area contributed by atoms with Crippen LogP contribution in [0.3, 0.4) is 0 Å². The zero-order valence-electron chi connectivity index (χ0n) is 17.3. The number of carbonyl (C=O) groups is 2. The van der Waals surface area contributed by atoms with Gasteiger partial charge in [-0.25, -0.2) is 4.79 Å². The fourth-order valence-electron chi connectivity index (χ4n) is 3.60. The van der Waals surface area contributed by atoms with Crippen molar-refractivity contribution in [2.75, 3.05) is 26.1 Å². The minimum absolute atomic E-state index is 0.133. The molecule has 1 unspecified atom stereocenters. The first-order valence-corrected chi connectivity index (χ1v) is 10.6. The third kappa shape index (κ3) is 4.72. The van der Waals surface area contributed by atoms with Crippen molar-refractivity contribution in [2.45, 2.75) is 39.5 Å². The van der Waals surface area contributed by atoms with Crippen LogP contribution in [0.25, 0.3) is 0 Å². The zero-order valence-corrected chi connectivity index (χ0v) is 18.1. The number of ether oxygens (including phenoxy) is 3. The number of hydrogen-bond donors (Lipinski definition) is 1. The fourth-order valence-corrected chi connectivity index (χ4v) is 5.01. The van der Waals surface area contributed by atoms with E-state index in [1.165, 1.54) is 16.2 Å². The summed E-state index contributed by atoms with van der Waals surface area (Å²) in [5, 5.41) is 3.53. The Balaban J connectivity index is 1.84. The molecule has 0 aliphatic heterocycles. The second kappa shape index (κ2) is 9.31. The maximum atomic E-state index is 12.8. The normalized spacial score (nSPS) is 15.4. The van der Waals surface area contributed by atoms with E-state index in [0.717, 1.165) is 30.4 Å². The van der Waals surface area contributed by atoms with Crippen LogP contribution >= 0.6 is 11.3 Å². The van der Waals surface area contributed by atoms with E-state index >= 15 is 0 Å². The average molecular weight is 418 g/mol. The molecule has 0 saturated heterocycles. The van der Waals surface area contributed by atoms with Crippen LogP contribution in [0.4, 0.5) is 5.00 Å². The molecule has 0 fully saturated rings. The minimum Gasteiger partial charge on any atom is -0.497 e. The van der Waals surface area contributed by atoms with Gasteiger partial charge in [-0.3, -0.25) is 4.79 Å². The van der Waals surface area contributed by atoms with E-state index in [1.54, 1.807) is 33.3 Å². The molecule has 29 heavy (non-hydrogen) atoms. The number of thiophene rings is 1. The van der Waals surface area contributed by atoms with Crippen molar-refractivity contribution in [3.05, 3.63) is 39.8 Å². The topological polar surface area (TPSA) is 73.9 Å². The Morgan fingerprint density at radius 2 is 2.03 bits per heavy atom. The minimum atomic E-state index is -0.364. The Morgan fingerprint density at radius 3 is 2.72 bits per heavy atom. The van der Waals surface area contributed by atoms with Crippen molar-refractivity contribution >= 4 is 28.2 Å². The first-order chi connectivity index (χ1) is 14.0. The van der Waals surface area contributed by atoms with E-state index in [9.17, 15) is 9.59 Å². The summed E-state index contributed by atoms with van der Waals surface area (Å²) in [4.78, 5) is 26.5. The van der Waals surface area contributed by atoms with Gasteiger partial charge in [0, 0.05) is 16.5 Å². The number of benzene rings is 1. The largest absolute Gasteiger partial charge is 0.497 e. The molecule has 0 spiro atoms. The predicted molar refractivity (Wildman–Crippen MR) is 113 cm³/mol. The third-order valence-corrected chi connectivity index (χ3v) is 6.26. The summed E-state index contributed by atoms with van der Waals surface area (Å²) in [7, 11) is 3.14. The van der Waals surface area contributed by atoms with E-state index in [4.69, 9.17) is 14.2 Å². The summed E-state index contributed by atoms with van der Waals surface area (Å²) in [6.07, 6.45) is 2.93. The zero-order chi connectivity index (χ0) is 21.0. The number of esters is 1. The lowest BCUT2D eigenvalue weighted by Crippen LogP contribution is -2.18. The van der Waals surface area contributed by atoms with Crippen molar-refractivity contribution in [3.8, 4) is 11.5 Å². The van der Waals surface area contributed by atoms with Crippen LogP contribution in [0, 0.1) is 5.92 Å². The molecule has 1 aliphatic carbocycles. The molecule has 1 aromatic carbocycles. The molecule has 0 bridgehead atoms. The van der Waals surface area contributed by atoms with Crippen LogP contribution in [0.2, 0.25) is 0 Å². The molecule has 3 rings (SSSR count). The molecular weight excluding hydrogens is 390 g/mol. The van der Waals surface area contributed by atoms with Gasteiger partial charge < -0.3 is 19.5 Å². The maximum absolute atomic E-state index is 12.8. The number of fused-ring (bicyclic) bond motifs is 1. The van der Waals surface area contributed by atoms with Crippen molar-refractivity contribution in [2.24, 2.45) is 5.92 Å². The summed E-state index contributed by atoms with van der Waals surface area (Å²) in [5.41, 5.74) is 2.30. The van der Waals surface area contributed by atoms with Gasteiger partial charge in [0.25, 0.3) is 0 Å². The molecule has 1 N–H and O–H groups in total. The van der Waals surface area contributed by atoms with Gasteiger partial charge in [0.15, 0.2) is 0 Å². The molecule has 6 nitrogen and oxygen atoms in total. The molecule has 1 heterocycles. The van der Waals surface area contributed by atoms with Crippen LogP contribution in [0.5, 0.6) is 11.5 Å². The van der Waals surface area contributed by atoms with Gasteiger partial charge in [0.1, 0.15) is 16.5 Å². The van der Waals surface area contributed by atoms with Crippen molar-refractivity contribution < 1.29 is 23.8 Å². The first-order valence-electron chi connectivity index (χ1n) is 9.79. The molecule has 1 atom stereocenters. The van der Waals surface area contributed by atoms with Gasteiger partial charge in [-0.2, -0.15) is 0 Å². The first kappa shape index (κ1) is 21.2. The monoisotopic (exact) mass is 417 g/mol. The number of rotatable bonds is 7.